The summed E-state index contributed by atoms with van der Waals surface area (Å²) in [6.45, 7) is 7.87. The smallest absolute Gasteiger partial charge is 0.0484 e. The summed E-state index contributed by atoms with van der Waals surface area (Å²) >= 11 is 0. The zero-order valence-corrected chi connectivity index (χ0v) is 12.8. The Labute approximate surface area is 118 Å². The Kier molecular flexibility index (Phi) is 5.00. The number of benzene rings is 1. The second-order valence-electron chi connectivity index (χ2n) is 5.81. The summed E-state index contributed by atoms with van der Waals surface area (Å²) in [5.41, 5.74) is 3.03. The molecule has 0 aliphatic heterocycles. The zero-order valence-electron chi connectivity index (χ0n) is 12.8. The predicted molar refractivity (Wildman–Crippen MR) is 82.5 cm³/mol. The van der Waals surface area contributed by atoms with Gasteiger partial charge in [-0.1, -0.05) is 44.5 Å². The van der Waals surface area contributed by atoms with Gasteiger partial charge in [0.15, 0.2) is 0 Å². The molecule has 0 heterocycles. The van der Waals surface area contributed by atoms with Gasteiger partial charge in [0, 0.05) is 18.1 Å². The average Bonchev–Trinajstić information content (AvgIpc) is 2.78. The molecule has 106 valence electrons. The maximum atomic E-state index is 3.69. The van der Waals surface area contributed by atoms with E-state index in [4.69, 9.17) is 0 Å². The molecule has 0 saturated heterocycles. The molecule has 2 nitrogen and oxygen atoms in total. The topological polar surface area (TPSA) is 15.3 Å². The van der Waals surface area contributed by atoms with E-state index in [1.165, 1.54) is 30.4 Å². The maximum absolute atomic E-state index is 3.69. The Morgan fingerprint density at radius 1 is 1.32 bits per heavy atom. The van der Waals surface area contributed by atoms with E-state index in [-0.39, 0.29) is 0 Å². The van der Waals surface area contributed by atoms with Crippen LogP contribution in [0.3, 0.4) is 0 Å². The van der Waals surface area contributed by atoms with Gasteiger partial charge in [-0.15, -0.1) is 0 Å². The van der Waals surface area contributed by atoms with Gasteiger partial charge in [0.25, 0.3) is 0 Å². The van der Waals surface area contributed by atoms with E-state index in [0.29, 0.717) is 18.1 Å². The fourth-order valence-corrected chi connectivity index (χ4v) is 3.37. The molecule has 1 aromatic carbocycles. The number of hydrogen-bond acceptors (Lipinski definition) is 2. The van der Waals surface area contributed by atoms with Gasteiger partial charge in [0.2, 0.25) is 0 Å². The summed E-state index contributed by atoms with van der Waals surface area (Å²) in [4.78, 5) is 2.58. The molecule has 1 aliphatic carbocycles. The predicted octanol–water partition coefficient (Wildman–Crippen LogP) is 3.38. The minimum absolute atomic E-state index is 0.491. The first-order chi connectivity index (χ1) is 9.19. The van der Waals surface area contributed by atoms with Crippen LogP contribution in [-0.2, 0) is 6.42 Å². The third kappa shape index (κ3) is 3.01. The van der Waals surface area contributed by atoms with E-state index >= 15 is 0 Å². The number of nitrogens with one attached hydrogen (secondary N) is 1. The monoisotopic (exact) mass is 260 g/mol. The van der Waals surface area contributed by atoms with Gasteiger partial charge in [0.1, 0.15) is 0 Å². The van der Waals surface area contributed by atoms with Crippen LogP contribution in [0.1, 0.15) is 50.8 Å². The van der Waals surface area contributed by atoms with Gasteiger partial charge in [-0.05, 0) is 44.5 Å². The fraction of sp³-hybridized carbons (Fsp3) is 0.647. The molecule has 3 atom stereocenters. The van der Waals surface area contributed by atoms with E-state index < -0.39 is 0 Å². The zero-order chi connectivity index (χ0) is 13.8. The van der Waals surface area contributed by atoms with Gasteiger partial charge in [-0.3, -0.25) is 4.90 Å². The normalized spacial score (nSPS) is 23.6. The van der Waals surface area contributed by atoms with Crippen molar-refractivity contribution in [1.29, 1.82) is 0 Å². The highest BCUT2D eigenvalue weighted by Crippen LogP contribution is 2.34. The number of likely N-dealkylation sites (N-methyl/N-ethyl adjacent to an activating group) is 2. The molecule has 3 unspecified atom stereocenters. The van der Waals surface area contributed by atoms with Crippen molar-refractivity contribution in [3.63, 3.8) is 0 Å². The Morgan fingerprint density at radius 2 is 2.05 bits per heavy atom. The number of fused-ring (bicyclic) bond motifs is 1. The van der Waals surface area contributed by atoms with Crippen LogP contribution in [0.4, 0.5) is 0 Å². The second-order valence-corrected chi connectivity index (χ2v) is 5.81. The van der Waals surface area contributed by atoms with Crippen molar-refractivity contribution in [2.24, 2.45) is 0 Å². The molecule has 0 saturated carbocycles. The van der Waals surface area contributed by atoms with E-state index in [1.54, 1.807) is 0 Å². The van der Waals surface area contributed by atoms with E-state index in [0.717, 1.165) is 6.54 Å². The van der Waals surface area contributed by atoms with Crippen LogP contribution < -0.4 is 5.32 Å². The van der Waals surface area contributed by atoms with Crippen LogP contribution in [0.25, 0.3) is 0 Å². The van der Waals surface area contributed by atoms with Gasteiger partial charge in [0.05, 0.1) is 0 Å². The molecular formula is C17H28N2. The summed E-state index contributed by atoms with van der Waals surface area (Å²) in [6, 6.07) is 10.7. The van der Waals surface area contributed by atoms with Gasteiger partial charge < -0.3 is 5.32 Å². The van der Waals surface area contributed by atoms with Crippen LogP contribution >= 0.6 is 0 Å². The molecular weight excluding hydrogens is 232 g/mol. The van der Waals surface area contributed by atoms with Crippen LogP contribution in [0.2, 0.25) is 0 Å². The van der Waals surface area contributed by atoms with Crippen LogP contribution in [-0.4, -0.2) is 30.6 Å². The number of nitrogens with zero attached hydrogens (tertiary/aromatic N) is 1. The first-order valence-corrected chi connectivity index (χ1v) is 7.72. The van der Waals surface area contributed by atoms with E-state index in [2.05, 4.69) is 62.3 Å². The van der Waals surface area contributed by atoms with Gasteiger partial charge >= 0.3 is 0 Å². The van der Waals surface area contributed by atoms with E-state index in [9.17, 15) is 0 Å². The van der Waals surface area contributed by atoms with Crippen molar-refractivity contribution < 1.29 is 0 Å². The van der Waals surface area contributed by atoms with Gasteiger partial charge in [-0.2, -0.15) is 0 Å². The highest BCUT2D eigenvalue weighted by atomic mass is 15.2. The first kappa shape index (κ1) is 14.5. The fourth-order valence-electron chi connectivity index (χ4n) is 3.37. The lowest BCUT2D eigenvalue weighted by Gasteiger charge is -2.35. The summed E-state index contributed by atoms with van der Waals surface area (Å²) in [5.74, 6) is 0. The minimum Gasteiger partial charge on any atom is -0.309 e. The molecule has 1 N–H and O–H groups in total. The SMILES string of the molecule is CCCC(C)N(C)C1Cc2ccccc2C1NCC. The van der Waals surface area contributed by atoms with Crippen molar-refractivity contribution in [2.45, 2.75) is 58.2 Å². The van der Waals surface area contributed by atoms with Crippen LogP contribution in [0.5, 0.6) is 0 Å². The van der Waals surface area contributed by atoms with Crippen LogP contribution in [0, 0.1) is 0 Å². The molecule has 1 aliphatic rings. The molecule has 2 rings (SSSR count). The Balaban J connectivity index is 2.18. The second kappa shape index (κ2) is 6.53. The van der Waals surface area contributed by atoms with Gasteiger partial charge in [-0.25, -0.2) is 0 Å². The largest absolute Gasteiger partial charge is 0.309 e. The minimum atomic E-state index is 0.491. The molecule has 19 heavy (non-hydrogen) atoms. The summed E-state index contributed by atoms with van der Waals surface area (Å²) in [5, 5.41) is 3.69. The molecule has 1 aromatic rings. The van der Waals surface area contributed by atoms with Crippen molar-refractivity contribution in [3.8, 4) is 0 Å². The molecule has 0 amide bonds. The molecule has 0 fully saturated rings. The van der Waals surface area contributed by atoms with Crippen molar-refractivity contribution in [2.75, 3.05) is 13.6 Å². The Bertz CT molecular complexity index is 402. The average molecular weight is 260 g/mol. The molecule has 0 aromatic heterocycles. The molecule has 2 heteroatoms. The highest BCUT2D eigenvalue weighted by Gasteiger charge is 2.35. The Hall–Kier alpha value is -0.860. The van der Waals surface area contributed by atoms with Crippen molar-refractivity contribution in [1.82, 2.24) is 10.2 Å². The van der Waals surface area contributed by atoms with E-state index in [1.807, 2.05) is 0 Å². The molecule has 0 bridgehead atoms. The lowest BCUT2D eigenvalue weighted by Crippen LogP contribution is -2.45. The van der Waals surface area contributed by atoms with Crippen molar-refractivity contribution >= 4 is 0 Å². The third-order valence-corrected chi connectivity index (χ3v) is 4.55. The first-order valence-electron chi connectivity index (χ1n) is 7.72. The third-order valence-electron chi connectivity index (χ3n) is 4.55. The quantitative estimate of drug-likeness (QED) is 0.843. The summed E-state index contributed by atoms with van der Waals surface area (Å²) in [7, 11) is 2.29. The van der Waals surface area contributed by atoms with Crippen molar-refractivity contribution in [3.05, 3.63) is 35.4 Å². The lowest BCUT2D eigenvalue weighted by atomic mass is 10.0. The highest BCUT2D eigenvalue weighted by molar-refractivity contribution is 5.37. The summed E-state index contributed by atoms with van der Waals surface area (Å²) in [6.07, 6.45) is 3.72. The Morgan fingerprint density at radius 3 is 2.74 bits per heavy atom. The van der Waals surface area contributed by atoms with Crippen LogP contribution in [0.15, 0.2) is 24.3 Å². The lowest BCUT2D eigenvalue weighted by molar-refractivity contribution is 0.149. The number of rotatable bonds is 6. The summed E-state index contributed by atoms with van der Waals surface area (Å²) < 4.78 is 0. The maximum Gasteiger partial charge on any atom is 0.0484 e. The molecule has 0 spiro atoms. The standard InChI is InChI=1S/C17H28N2/c1-5-9-13(3)19(4)16-12-14-10-7-8-11-15(14)17(16)18-6-2/h7-8,10-11,13,16-18H,5-6,9,12H2,1-4H3. The number of hydrogen-bond donors (Lipinski definition) is 1. The molecule has 0 radical (unpaired) electrons.